The predicted molar refractivity (Wildman–Crippen MR) is 79.3 cm³/mol. The number of aliphatic hydroxyl groups is 1. The zero-order valence-corrected chi connectivity index (χ0v) is 12.6. The van der Waals surface area contributed by atoms with Crippen LogP contribution in [0.3, 0.4) is 0 Å². The second-order valence-electron chi connectivity index (χ2n) is 6.18. The Kier molecular flexibility index (Phi) is 3.82. The molecule has 3 atom stereocenters. The summed E-state index contributed by atoms with van der Waals surface area (Å²) >= 11 is 1.92. The van der Waals surface area contributed by atoms with E-state index in [-0.39, 0.29) is 17.3 Å². The number of halogens is 1. The third-order valence-electron chi connectivity index (χ3n) is 4.76. The number of ether oxygens (including phenoxy) is 1. The highest BCUT2D eigenvalue weighted by molar-refractivity contribution is 7.99. The third-order valence-corrected chi connectivity index (χ3v) is 5.99. The molecule has 0 amide bonds. The van der Waals surface area contributed by atoms with E-state index in [0.717, 1.165) is 30.8 Å². The van der Waals surface area contributed by atoms with Gasteiger partial charge in [-0.15, -0.1) is 0 Å². The van der Waals surface area contributed by atoms with Crippen molar-refractivity contribution < 1.29 is 14.2 Å². The van der Waals surface area contributed by atoms with Gasteiger partial charge in [-0.25, -0.2) is 4.39 Å². The van der Waals surface area contributed by atoms with E-state index < -0.39 is 5.60 Å². The van der Waals surface area contributed by atoms with E-state index in [2.05, 4.69) is 0 Å². The first kappa shape index (κ1) is 14.4. The van der Waals surface area contributed by atoms with Gasteiger partial charge in [-0.2, -0.15) is 11.8 Å². The van der Waals surface area contributed by atoms with Gasteiger partial charge in [0.25, 0.3) is 0 Å². The van der Waals surface area contributed by atoms with E-state index in [1.807, 2.05) is 24.8 Å². The van der Waals surface area contributed by atoms with Crippen LogP contribution in [-0.2, 0) is 10.3 Å². The van der Waals surface area contributed by atoms with Gasteiger partial charge < -0.3 is 9.84 Å². The standard InChI is InChI=1S/C16H21FO2S/c1-15(18,12-3-2-4-14(17)9-12)13-5-7-19-16(10-13)6-8-20-11-16/h2-4,9,13,18H,5-8,10-11H2,1H3. The molecule has 0 bridgehead atoms. The summed E-state index contributed by atoms with van der Waals surface area (Å²) in [5.41, 5.74) is -0.387. The molecular weight excluding hydrogens is 275 g/mol. The van der Waals surface area contributed by atoms with Gasteiger partial charge in [0.05, 0.1) is 11.2 Å². The monoisotopic (exact) mass is 296 g/mol. The summed E-state index contributed by atoms with van der Waals surface area (Å²) in [7, 11) is 0. The van der Waals surface area contributed by atoms with Gasteiger partial charge in [0, 0.05) is 12.4 Å². The highest BCUT2D eigenvalue weighted by Gasteiger charge is 2.46. The van der Waals surface area contributed by atoms with Crippen molar-refractivity contribution in [2.24, 2.45) is 5.92 Å². The summed E-state index contributed by atoms with van der Waals surface area (Å²) in [5, 5.41) is 10.9. The van der Waals surface area contributed by atoms with Crippen LogP contribution >= 0.6 is 11.8 Å². The number of benzene rings is 1. The molecule has 2 heterocycles. The molecule has 1 spiro atoms. The summed E-state index contributed by atoms with van der Waals surface area (Å²) in [5.74, 6) is 1.98. The summed E-state index contributed by atoms with van der Waals surface area (Å²) in [6.45, 7) is 2.50. The first-order valence-corrected chi connectivity index (χ1v) is 8.37. The van der Waals surface area contributed by atoms with Gasteiger partial charge in [0.15, 0.2) is 0 Å². The van der Waals surface area contributed by atoms with Crippen LogP contribution in [0, 0.1) is 11.7 Å². The minimum absolute atomic E-state index is 0.0646. The van der Waals surface area contributed by atoms with Crippen LogP contribution < -0.4 is 0 Å². The van der Waals surface area contributed by atoms with E-state index >= 15 is 0 Å². The Morgan fingerprint density at radius 1 is 1.50 bits per heavy atom. The lowest BCUT2D eigenvalue weighted by molar-refractivity contribution is -0.129. The van der Waals surface area contributed by atoms with Gasteiger partial charge in [0.2, 0.25) is 0 Å². The lowest BCUT2D eigenvalue weighted by Crippen LogP contribution is -2.46. The van der Waals surface area contributed by atoms with E-state index in [1.54, 1.807) is 6.07 Å². The molecule has 110 valence electrons. The summed E-state index contributed by atoms with van der Waals surface area (Å²) < 4.78 is 19.4. The zero-order valence-electron chi connectivity index (χ0n) is 11.8. The number of hydrogen-bond donors (Lipinski definition) is 1. The predicted octanol–water partition coefficient (Wildman–Crippen LogP) is 3.34. The van der Waals surface area contributed by atoms with Gasteiger partial charge >= 0.3 is 0 Å². The fourth-order valence-electron chi connectivity index (χ4n) is 3.41. The lowest BCUT2D eigenvalue weighted by Gasteiger charge is -2.43. The molecule has 0 aromatic heterocycles. The molecule has 1 aromatic rings. The molecular formula is C16H21FO2S. The van der Waals surface area contributed by atoms with Crippen molar-refractivity contribution in [1.29, 1.82) is 0 Å². The van der Waals surface area contributed by atoms with Crippen LogP contribution in [0.25, 0.3) is 0 Å². The molecule has 20 heavy (non-hydrogen) atoms. The van der Waals surface area contributed by atoms with Crippen LogP contribution in [-0.4, -0.2) is 28.8 Å². The minimum Gasteiger partial charge on any atom is -0.385 e. The molecule has 0 aliphatic carbocycles. The molecule has 2 saturated heterocycles. The Balaban J connectivity index is 1.83. The fourth-order valence-corrected chi connectivity index (χ4v) is 4.79. The third kappa shape index (κ3) is 2.61. The summed E-state index contributed by atoms with van der Waals surface area (Å²) in [4.78, 5) is 0. The molecule has 2 fully saturated rings. The van der Waals surface area contributed by atoms with Gasteiger partial charge in [-0.3, -0.25) is 0 Å². The largest absolute Gasteiger partial charge is 0.385 e. The van der Waals surface area contributed by atoms with Crippen LogP contribution in [0.1, 0.15) is 31.7 Å². The van der Waals surface area contributed by atoms with Crippen molar-refractivity contribution in [3.05, 3.63) is 35.6 Å². The molecule has 3 rings (SSSR count). The van der Waals surface area contributed by atoms with Crippen molar-refractivity contribution in [2.75, 3.05) is 18.1 Å². The second-order valence-corrected chi connectivity index (χ2v) is 7.29. The second kappa shape index (κ2) is 5.32. The molecule has 4 heteroatoms. The van der Waals surface area contributed by atoms with Crippen molar-refractivity contribution in [3.8, 4) is 0 Å². The highest BCUT2D eigenvalue weighted by Crippen LogP contribution is 2.46. The maximum Gasteiger partial charge on any atom is 0.123 e. The van der Waals surface area contributed by atoms with Crippen LogP contribution in [0.5, 0.6) is 0 Å². The fraction of sp³-hybridized carbons (Fsp3) is 0.625. The normalized spacial score (nSPS) is 33.2. The van der Waals surface area contributed by atoms with E-state index in [9.17, 15) is 9.50 Å². The van der Waals surface area contributed by atoms with Crippen LogP contribution in [0.4, 0.5) is 4.39 Å². The van der Waals surface area contributed by atoms with E-state index in [1.165, 1.54) is 12.1 Å². The molecule has 0 radical (unpaired) electrons. The molecule has 2 nitrogen and oxygen atoms in total. The Labute approximate surface area is 123 Å². The van der Waals surface area contributed by atoms with Crippen molar-refractivity contribution in [2.45, 2.75) is 37.4 Å². The summed E-state index contributed by atoms with van der Waals surface area (Å²) in [6.07, 6.45) is 2.76. The molecule has 2 aliphatic rings. The van der Waals surface area contributed by atoms with Crippen LogP contribution in [0.15, 0.2) is 24.3 Å². The maximum atomic E-state index is 13.4. The topological polar surface area (TPSA) is 29.5 Å². The molecule has 1 N–H and O–H groups in total. The van der Waals surface area contributed by atoms with Crippen molar-refractivity contribution in [1.82, 2.24) is 0 Å². The molecule has 0 saturated carbocycles. The van der Waals surface area contributed by atoms with Crippen molar-refractivity contribution >= 4 is 11.8 Å². The maximum absolute atomic E-state index is 13.4. The average molecular weight is 296 g/mol. The number of thioether (sulfide) groups is 1. The number of hydrogen-bond acceptors (Lipinski definition) is 3. The average Bonchev–Trinajstić information content (AvgIpc) is 2.87. The minimum atomic E-state index is -0.994. The lowest BCUT2D eigenvalue weighted by atomic mass is 9.73. The smallest absolute Gasteiger partial charge is 0.123 e. The van der Waals surface area contributed by atoms with Gasteiger partial charge in [0.1, 0.15) is 5.82 Å². The van der Waals surface area contributed by atoms with E-state index in [0.29, 0.717) is 12.2 Å². The van der Waals surface area contributed by atoms with Crippen LogP contribution in [0.2, 0.25) is 0 Å². The Morgan fingerprint density at radius 3 is 3.05 bits per heavy atom. The molecule has 1 aromatic carbocycles. The van der Waals surface area contributed by atoms with E-state index in [4.69, 9.17) is 4.74 Å². The molecule has 3 unspecified atom stereocenters. The van der Waals surface area contributed by atoms with Gasteiger partial charge in [-0.05, 0) is 55.6 Å². The van der Waals surface area contributed by atoms with Gasteiger partial charge in [-0.1, -0.05) is 12.1 Å². The Hall–Kier alpha value is -0.580. The molecule has 2 aliphatic heterocycles. The summed E-state index contributed by atoms with van der Waals surface area (Å²) in [6, 6.07) is 6.35. The first-order chi connectivity index (χ1) is 9.52. The Bertz CT molecular complexity index is 483. The Morgan fingerprint density at radius 2 is 2.35 bits per heavy atom. The first-order valence-electron chi connectivity index (χ1n) is 7.22. The quantitative estimate of drug-likeness (QED) is 0.907. The highest BCUT2D eigenvalue weighted by atomic mass is 32.2. The zero-order chi connectivity index (χ0) is 14.2. The van der Waals surface area contributed by atoms with Crippen molar-refractivity contribution in [3.63, 3.8) is 0 Å². The SMILES string of the molecule is CC(O)(c1cccc(F)c1)C1CCOC2(CCSC2)C1. The number of rotatable bonds is 2.